The van der Waals surface area contributed by atoms with Crippen molar-refractivity contribution in [1.82, 2.24) is 5.32 Å². The normalized spacial score (nSPS) is 24.8. The summed E-state index contributed by atoms with van der Waals surface area (Å²) in [5, 5.41) is 3.42. The van der Waals surface area contributed by atoms with Gasteiger partial charge in [-0.15, -0.1) is 0 Å². The topological polar surface area (TPSA) is 47.3 Å². The zero-order valence-electron chi connectivity index (χ0n) is 9.56. The highest BCUT2D eigenvalue weighted by Gasteiger charge is 2.23. The van der Waals surface area contributed by atoms with Gasteiger partial charge in [-0.1, -0.05) is 30.3 Å². The molecule has 3 N–H and O–H groups in total. The predicted molar refractivity (Wildman–Crippen MR) is 65.1 cm³/mol. The van der Waals surface area contributed by atoms with Gasteiger partial charge >= 0.3 is 0 Å². The Labute approximate surface area is 97.0 Å². The van der Waals surface area contributed by atoms with Crippen molar-refractivity contribution >= 4 is 0 Å². The SMILES string of the molecule is NCC1CCC(CNCc2ccccc2)O1. The van der Waals surface area contributed by atoms with Crippen LogP contribution in [0.15, 0.2) is 30.3 Å². The van der Waals surface area contributed by atoms with Crippen LogP contribution in [0.2, 0.25) is 0 Å². The first-order chi connectivity index (χ1) is 7.88. The van der Waals surface area contributed by atoms with Gasteiger partial charge in [-0.25, -0.2) is 0 Å². The highest BCUT2D eigenvalue weighted by atomic mass is 16.5. The molecule has 0 radical (unpaired) electrons. The summed E-state index contributed by atoms with van der Waals surface area (Å²) < 4.78 is 5.76. The van der Waals surface area contributed by atoms with Crippen LogP contribution in [0.25, 0.3) is 0 Å². The first kappa shape index (κ1) is 11.6. The quantitative estimate of drug-likeness (QED) is 0.786. The van der Waals surface area contributed by atoms with Crippen LogP contribution in [0, 0.1) is 0 Å². The summed E-state index contributed by atoms with van der Waals surface area (Å²) in [6, 6.07) is 10.4. The third-order valence-electron chi connectivity index (χ3n) is 3.00. The Morgan fingerprint density at radius 3 is 2.62 bits per heavy atom. The minimum Gasteiger partial charge on any atom is -0.372 e. The summed E-state index contributed by atoms with van der Waals surface area (Å²) >= 11 is 0. The van der Waals surface area contributed by atoms with Crippen LogP contribution in [-0.2, 0) is 11.3 Å². The van der Waals surface area contributed by atoms with Gasteiger partial charge in [0.1, 0.15) is 0 Å². The van der Waals surface area contributed by atoms with Gasteiger partial charge in [-0.3, -0.25) is 0 Å². The maximum Gasteiger partial charge on any atom is 0.0704 e. The van der Waals surface area contributed by atoms with E-state index in [1.807, 2.05) is 6.07 Å². The molecule has 0 bridgehead atoms. The molecule has 1 aromatic rings. The molecule has 2 rings (SSSR count). The van der Waals surface area contributed by atoms with E-state index < -0.39 is 0 Å². The Balaban J connectivity index is 1.65. The summed E-state index contributed by atoms with van der Waals surface area (Å²) in [6.45, 7) is 2.48. The van der Waals surface area contributed by atoms with E-state index >= 15 is 0 Å². The van der Waals surface area contributed by atoms with E-state index in [1.165, 1.54) is 5.56 Å². The number of benzene rings is 1. The Hall–Kier alpha value is -0.900. The van der Waals surface area contributed by atoms with Gasteiger partial charge in [-0.05, 0) is 18.4 Å². The highest BCUT2D eigenvalue weighted by molar-refractivity contribution is 5.14. The first-order valence-electron chi connectivity index (χ1n) is 5.98. The molecular weight excluding hydrogens is 200 g/mol. The van der Waals surface area contributed by atoms with Crippen molar-refractivity contribution in [2.45, 2.75) is 31.6 Å². The molecule has 1 aliphatic heterocycles. The number of hydrogen-bond acceptors (Lipinski definition) is 3. The van der Waals surface area contributed by atoms with Crippen molar-refractivity contribution < 1.29 is 4.74 Å². The van der Waals surface area contributed by atoms with E-state index in [4.69, 9.17) is 10.5 Å². The summed E-state index contributed by atoms with van der Waals surface area (Å²) in [7, 11) is 0. The maximum atomic E-state index is 5.76. The molecule has 1 aliphatic rings. The van der Waals surface area contributed by atoms with Gasteiger partial charge in [0.05, 0.1) is 12.2 Å². The smallest absolute Gasteiger partial charge is 0.0704 e. The number of rotatable bonds is 5. The van der Waals surface area contributed by atoms with Crippen molar-refractivity contribution in [3.63, 3.8) is 0 Å². The maximum absolute atomic E-state index is 5.76. The Bertz CT molecular complexity index is 302. The molecule has 2 atom stereocenters. The fourth-order valence-corrected chi connectivity index (χ4v) is 2.08. The molecule has 0 aromatic heterocycles. The van der Waals surface area contributed by atoms with Crippen molar-refractivity contribution in [1.29, 1.82) is 0 Å². The molecule has 0 aliphatic carbocycles. The summed E-state index contributed by atoms with van der Waals surface area (Å²) in [6.07, 6.45) is 2.86. The van der Waals surface area contributed by atoms with Crippen LogP contribution in [-0.4, -0.2) is 25.3 Å². The van der Waals surface area contributed by atoms with E-state index in [1.54, 1.807) is 0 Å². The standard InChI is InChI=1S/C13H20N2O/c14-8-12-6-7-13(16-12)10-15-9-11-4-2-1-3-5-11/h1-5,12-13,15H,6-10,14H2. The summed E-state index contributed by atoms with van der Waals surface area (Å²) in [4.78, 5) is 0. The summed E-state index contributed by atoms with van der Waals surface area (Å²) in [5.41, 5.74) is 6.89. The highest BCUT2D eigenvalue weighted by Crippen LogP contribution is 2.18. The van der Waals surface area contributed by atoms with Crippen LogP contribution < -0.4 is 11.1 Å². The van der Waals surface area contributed by atoms with Crippen LogP contribution in [0.5, 0.6) is 0 Å². The van der Waals surface area contributed by atoms with Gasteiger partial charge in [0.2, 0.25) is 0 Å². The lowest BCUT2D eigenvalue weighted by molar-refractivity contribution is 0.0503. The van der Waals surface area contributed by atoms with Gasteiger partial charge in [-0.2, -0.15) is 0 Å². The zero-order valence-corrected chi connectivity index (χ0v) is 9.56. The van der Waals surface area contributed by atoms with Crippen LogP contribution >= 0.6 is 0 Å². The molecule has 2 unspecified atom stereocenters. The molecule has 16 heavy (non-hydrogen) atoms. The lowest BCUT2D eigenvalue weighted by atomic mass is 10.2. The van der Waals surface area contributed by atoms with E-state index in [-0.39, 0.29) is 6.10 Å². The van der Waals surface area contributed by atoms with Crippen molar-refractivity contribution in [2.24, 2.45) is 5.73 Å². The van der Waals surface area contributed by atoms with E-state index in [0.717, 1.165) is 25.9 Å². The molecule has 3 heteroatoms. The third kappa shape index (κ3) is 3.30. The first-order valence-corrected chi connectivity index (χ1v) is 5.98. The monoisotopic (exact) mass is 220 g/mol. The van der Waals surface area contributed by atoms with Gasteiger partial charge in [0.25, 0.3) is 0 Å². The molecule has 0 amide bonds. The largest absolute Gasteiger partial charge is 0.372 e. The lowest BCUT2D eigenvalue weighted by Gasteiger charge is -2.13. The van der Waals surface area contributed by atoms with Crippen molar-refractivity contribution in [3.05, 3.63) is 35.9 Å². The number of nitrogens with one attached hydrogen (secondary N) is 1. The molecule has 1 saturated heterocycles. The van der Waals surface area contributed by atoms with E-state index in [9.17, 15) is 0 Å². The van der Waals surface area contributed by atoms with Crippen LogP contribution in [0.4, 0.5) is 0 Å². The molecule has 0 spiro atoms. The third-order valence-corrected chi connectivity index (χ3v) is 3.00. The second-order valence-corrected chi connectivity index (χ2v) is 4.31. The molecule has 1 aromatic carbocycles. The fourth-order valence-electron chi connectivity index (χ4n) is 2.08. The Morgan fingerprint density at radius 2 is 1.94 bits per heavy atom. The second kappa shape index (κ2) is 5.99. The van der Waals surface area contributed by atoms with E-state index in [2.05, 4.69) is 29.6 Å². The molecule has 0 saturated carbocycles. The molecule has 1 fully saturated rings. The Kier molecular flexibility index (Phi) is 4.34. The minimum absolute atomic E-state index is 0.281. The van der Waals surface area contributed by atoms with Gasteiger partial charge < -0.3 is 15.8 Å². The number of hydrogen-bond donors (Lipinski definition) is 2. The van der Waals surface area contributed by atoms with Crippen molar-refractivity contribution in [2.75, 3.05) is 13.1 Å². The van der Waals surface area contributed by atoms with Crippen LogP contribution in [0.1, 0.15) is 18.4 Å². The van der Waals surface area contributed by atoms with Crippen LogP contribution in [0.3, 0.4) is 0 Å². The lowest BCUT2D eigenvalue weighted by Crippen LogP contribution is -2.28. The van der Waals surface area contributed by atoms with E-state index in [0.29, 0.717) is 12.6 Å². The average molecular weight is 220 g/mol. The zero-order chi connectivity index (χ0) is 11.2. The second-order valence-electron chi connectivity index (χ2n) is 4.31. The predicted octanol–water partition coefficient (Wildman–Crippen LogP) is 1.28. The number of ether oxygens (including phenoxy) is 1. The molecule has 88 valence electrons. The minimum atomic E-state index is 0.281. The van der Waals surface area contributed by atoms with Gasteiger partial charge in [0, 0.05) is 19.6 Å². The molecule has 1 heterocycles. The molecular formula is C13H20N2O. The van der Waals surface area contributed by atoms with Crippen molar-refractivity contribution in [3.8, 4) is 0 Å². The fraction of sp³-hybridized carbons (Fsp3) is 0.538. The Morgan fingerprint density at radius 1 is 1.19 bits per heavy atom. The number of nitrogens with two attached hydrogens (primary N) is 1. The summed E-state index contributed by atoms with van der Waals surface area (Å²) in [5.74, 6) is 0. The van der Waals surface area contributed by atoms with Gasteiger partial charge in [0.15, 0.2) is 0 Å². The molecule has 3 nitrogen and oxygen atoms in total. The average Bonchev–Trinajstić information content (AvgIpc) is 2.78.